The van der Waals surface area contributed by atoms with Crippen LogP contribution in [0.2, 0.25) is 0 Å². The Morgan fingerprint density at radius 1 is 0.571 bits per heavy atom. The van der Waals surface area contributed by atoms with E-state index in [1.165, 1.54) is 49.4 Å². The van der Waals surface area contributed by atoms with Crippen molar-refractivity contribution in [2.75, 3.05) is 13.7 Å². The summed E-state index contributed by atoms with van der Waals surface area (Å²) in [6, 6.07) is 46.6. The normalized spacial score (nSPS) is 18.3. The summed E-state index contributed by atoms with van der Waals surface area (Å²) in [5.41, 5.74) is 9.24. The molecule has 1 atom stereocenters. The Morgan fingerprint density at radius 3 is 1.89 bits per heavy atom. The summed E-state index contributed by atoms with van der Waals surface area (Å²) in [5.74, 6) is 0. The van der Waals surface area contributed by atoms with Crippen LogP contribution in [0.1, 0.15) is 16.7 Å². The fourth-order valence-electron chi connectivity index (χ4n) is 6.07. The molecule has 0 spiro atoms. The van der Waals surface area contributed by atoms with Gasteiger partial charge in [0.2, 0.25) is 0 Å². The number of hydrogen-bond donors (Lipinski definition) is 0. The first-order valence-electron chi connectivity index (χ1n) is 12.4. The Labute approximate surface area is 208 Å². The van der Waals surface area contributed by atoms with Gasteiger partial charge in [-0.1, -0.05) is 138 Å². The number of rotatable bonds is 4. The van der Waals surface area contributed by atoms with Gasteiger partial charge in [0.25, 0.3) is 0 Å². The predicted molar refractivity (Wildman–Crippen MR) is 152 cm³/mol. The highest BCUT2D eigenvalue weighted by molar-refractivity contribution is 7.13. The van der Waals surface area contributed by atoms with Gasteiger partial charge in [0.05, 0.1) is 7.11 Å². The number of benzene rings is 5. The van der Waals surface area contributed by atoms with Crippen LogP contribution >= 0.6 is 0 Å². The van der Waals surface area contributed by atoms with E-state index in [0.717, 1.165) is 6.61 Å². The molecule has 0 bridgehead atoms. The van der Waals surface area contributed by atoms with Crippen molar-refractivity contribution >= 4 is 39.1 Å². The molecule has 5 aromatic carbocycles. The summed E-state index contributed by atoms with van der Waals surface area (Å²) < 4.78 is 3.65. The molecule has 0 amide bonds. The molecule has 0 N–H and O–H groups in total. The van der Waals surface area contributed by atoms with E-state index in [9.17, 15) is 0 Å². The van der Waals surface area contributed by atoms with Gasteiger partial charge in [0, 0.05) is 5.57 Å². The van der Waals surface area contributed by atoms with Crippen LogP contribution in [0.5, 0.6) is 0 Å². The van der Waals surface area contributed by atoms with Crippen molar-refractivity contribution in [3.63, 3.8) is 0 Å². The fourth-order valence-corrected chi connectivity index (χ4v) is 6.07. The topological polar surface area (TPSA) is 2.70 Å². The molecule has 170 valence electrons. The Bertz CT molecular complexity index is 1520. The van der Waals surface area contributed by atoms with Crippen LogP contribution < -0.4 is 10.9 Å². The van der Waals surface area contributed by atoms with Gasteiger partial charge in [0.1, 0.15) is 6.61 Å². The summed E-state index contributed by atoms with van der Waals surface area (Å²) in [5, 5.41) is 2.54. The zero-order valence-corrected chi connectivity index (χ0v) is 20.3. The highest BCUT2D eigenvalue weighted by Crippen LogP contribution is 2.44. The van der Waals surface area contributed by atoms with Crippen LogP contribution in [0.3, 0.4) is 0 Å². The molecule has 2 heteroatoms. The van der Waals surface area contributed by atoms with Crippen molar-refractivity contribution in [1.29, 1.82) is 0 Å². The molecule has 0 saturated carbocycles. The fraction of sp³-hybridized carbons (Fsp3) is 0.0909. The van der Waals surface area contributed by atoms with Gasteiger partial charge in [-0.05, 0) is 29.3 Å². The van der Waals surface area contributed by atoms with Crippen molar-refractivity contribution in [3.05, 3.63) is 144 Å². The lowest BCUT2D eigenvalue weighted by Gasteiger charge is -2.43. The van der Waals surface area contributed by atoms with Gasteiger partial charge >= 0.3 is 6.35 Å². The van der Waals surface area contributed by atoms with E-state index in [0.29, 0.717) is 0 Å². The van der Waals surface area contributed by atoms with Crippen molar-refractivity contribution in [2.24, 2.45) is 0 Å². The maximum absolute atomic E-state index is 3.65. The molecule has 5 aromatic rings. The van der Waals surface area contributed by atoms with E-state index in [4.69, 9.17) is 0 Å². The molecule has 0 saturated heterocycles. The molecule has 1 aliphatic heterocycles. The Hall–Kier alpha value is -3.88. The molecular weight excluding hydrogens is 423 g/mol. The molecule has 0 aromatic heterocycles. The third-order valence-electron chi connectivity index (χ3n) is 7.71. The Morgan fingerprint density at radius 2 is 1.17 bits per heavy atom. The molecule has 0 radical (unpaired) electrons. The van der Waals surface area contributed by atoms with E-state index < -0.39 is 6.35 Å². The van der Waals surface area contributed by atoms with Gasteiger partial charge in [-0.25, -0.2) is 0 Å². The summed E-state index contributed by atoms with van der Waals surface area (Å²) in [4.78, 5) is 0. The van der Waals surface area contributed by atoms with Crippen LogP contribution in [0, 0.1) is 6.92 Å². The minimum absolute atomic E-state index is 0.814. The van der Waals surface area contributed by atoms with E-state index in [1.807, 2.05) is 0 Å². The smallest absolute Gasteiger partial charge is 0.378 e. The van der Waals surface area contributed by atoms with Crippen molar-refractivity contribution in [1.82, 2.24) is 0 Å². The lowest BCUT2D eigenvalue weighted by Crippen LogP contribution is -2.64. The van der Waals surface area contributed by atoms with E-state index in [2.05, 4.69) is 146 Å². The monoisotopic (exact) mass is 452 g/mol. The Balaban J connectivity index is 1.73. The first-order valence-corrected chi connectivity index (χ1v) is 12.4. The highest BCUT2D eigenvalue weighted by atomic mass is 16.6. The van der Waals surface area contributed by atoms with Crippen LogP contribution in [-0.4, -0.2) is 20.1 Å². The Kier molecular flexibility index (Phi) is 5.39. The predicted octanol–water partition coefficient (Wildman–Crippen LogP) is 6.55. The molecule has 0 aliphatic carbocycles. The van der Waals surface area contributed by atoms with Gasteiger partial charge in [-0.2, -0.15) is 0 Å². The highest BCUT2D eigenvalue weighted by Gasteiger charge is 2.51. The summed E-state index contributed by atoms with van der Waals surface area (Å²) in [7, 11) is 2.21. The largest absolute Gasteiger partial charge is 0.659 e. The molecular formula is C33H29BO. The van der Waals surface area contributed by atoms with E-state index >= 15 is 0 Å². The van der Waals surface area contributed by atoms with Crippen molar-refractivity contribution < 1.29 is 4.28 Å². The third-order valence-corrected chi connectivity index (χ3v) is 7.71. The first kappa shape index (κ1) is 21.6. The summed E-state index contributed by atoms with van der Waals surface area (Å²) >= 11 is 0. The molecule has 1 heterocycles. The zero-order chi connectivity index (χ0) is 23.8. The van der Waals surface area contributed by atoms with Crippen molar-refractivity contribution in [2.45, 2.75) is 6.92 Å². The number of hydrogen-bond acceptors (Lipinski definition) is 0. The summed E-state index contributed by atoms with van der Waals surface area (Å²) in [6.07, 6.45) is -1.43. The maximum atomic E-state index is 3.65. The van der Waals surface area contributed by atoms with Crippen LogP contribution in [0.15, 0.2) is 127 Å². The van der Waals surface area contributed by atoms with Crippen LogP contribution in [0.25, 0.3) is 21.8 Å². The quantitative estimate of drug-likeness (QED) is 0.215. The minimum Gasteiger partial charge on any atom is -0.659 e. The third kappa shape index (κ3) is 3.53. The van der Waals surface area contributed by atoms with Gasteiger partial charge in [0.15, 0.2) is 0 Å². The van der Waals surface area contributed by atoms with E-state index in [1.54, 1.807) is 0 Å². The summed E-state index contributed by atoms with van der Waals surface area (Å²) in [6.45, 7) is 2.97. The molecule has 1 unspecified atom stereocenters. The van der Waals surface area contributed by atoms with Crippen molar-refractivity contribution in [3.8, 4) is 0 Å². The molecule has 1 aliphatic rings. The second kappa shape index (κ2) is 8.72. The second-order valence-electron chi connectivity index (χ2n) is 9.76. The standard InChI is InChI=1S/C33H29BO/c1-25-17-21-31(22-18-25)34(30-15-7-4-8-16-30)33(29-20-19-26-11-9-10-14-28(26)23-29)32(24-35(34)2)27-12-5-3-6-13-27/h3-23H,24H2,1-2H3. The van der Waals surface area contributed by atoms with Gasteiger partial charge < -0.3 is 4.28 Å². The first-order chi connectivity index (χ1) is 17.2. The molecule has 35 heavy (non-hydrogen) atoms. The lowest BCUT2D eigenvalue weighted by atomic mass is 9.27. The minimum atomic E-state index is -1.43. The number of fused-ring (bicyclic) bond motifs is 1. The SMILES string of the molecule is Cc1ccc([B-]2(c3ccccc3)C(c3ccc4ccccc4c3)=C(c3ccccc3)C[O+]2C)cc1. The van der Waals surface area contributed by atoms with Crippen LogP contribution in [-0.2, 0) is 4.28 Å². The average Bonchev–Trinajstić information content (AvgIpc) is 3.23. The van der Waals surface area contributed by atoms with Gasteiger partial charge in [-0.3, -0.25) is 0 Å². The van der Waals surface area contributed by atoms with Crippen LogP contribution in [0.4, 0.5) is 0 Å². The second-order valence-corrected chi connectivity index (χ2v) is 9.76. The molecule has 6 rings (SSSR count). The average molecular weight is 452 g/mol. The molecule has 1 nitrogen and oxygen atoms in total. The lowest BCUT2D eigenvalue weighted by molar-refractivity contribution is 0.0930. The zero-order valence-electron chi connectivity index (χ0n) is 20.3. The van der Waals surface area contributed by atoms with E-state index in [-0.39, 0.29) is 0 Å². The molecule has 0 fully saturated rings. The maximum Gasteiger partial charge on any atom is 0.378 e. The number of aryl methyl sites for hydroxylation is 1. The van der Waals surface area contributed by atoms with Gasteiger partial charge in [-0.15, -0.1) is 10.9 Å².